The smallest absolute Gasteiger partial charge is 0.258 e. The number of hydrogen-bond donors (Lipinski definition) is 1. The first kappa shape index (κ1) is 18.5. The van der Waals surface area contributed by atoms with Crippen molar-refractivity contribution in [3.05, 3.63) is 59.2 Å². The molecule has 0 aromatic heterocycles. The van der Waals surface area contributed by atoms with E-state index >= 15 is 0 Å². The Bertz CT molecular complexity index is 770. The van der Waals surface area contributed by atoms with Crippen molar-refractivity contribution >= 4 is 11.7 Å². The summed E-state index contributed by atoms with van der Waals surface area (Å²) in [5, 5.41) is 2.89. The van der Waals surface area contributed by atoms with Gasteiger partial charge >= 0.3 is 0 Å². The minimum absolute atomic E-state index is 0.0462. The summed E-state index contributed by atoms with van der Waals surface area (Å²) in [5.41, 5.74) is 2.55. The number of rotatable bonds is 7. The van der Waals surface area contributed by atoms with Gasteiger partial charge in [-0.1, -0.05) is 29.8 Å². The molecule has 1 N–H and O–H groups in total. The molecular formula is C20H23NO4. The molecule has 0 heterocycles. The molecule has 1 amide bonds. The highest BCUT2D eigenvalue weighted by atomic mass is 16.5. The molecule has 5 nitrogen and oxygen atoms in total. The summed E-state index contributed by atoms with van der Waals surface area (Å²) in [6.07, 6.45) is 0. The highest BCUT2D eigenvalue weighted by molar-refractivity contribution is 5.94. The summed E-state index contributed by atoms with van der Waals surface area (Å²) in [6, 6.07) is 12.4. The number of benzene rings is 2. The normalized spacial score (nSPS) is 11.5. The molecule has 2 aromatic rings. The zero-order valence-corrected chi connectivity index (χ0v) is 15.0. The lowest BCUT2D eigenvalue weighted by Crippen LogP contribution is -2.31. The van der Waals surface area contributed by atoms with E-state index in [0.717, 1.165) is 16.9 Å². The van der Waals surface area contributed by atoms with Crippen molar-refractivity contribution in [3.63, 3.8) is 0 Å². The van der Waals surface area contributed by atoms with E-state index in [1.165, 1.54) is 6.92 Å². The van der Waals surface area contributed by atoms with E-state index in [0.29, 0.717) is 11.3 Å². The average molecular weight is 341 g/mol. The third-order valence-electron chi connectivity index (χ3n) is 3.84. The van der Waals surface area contributed by atoms with Crippen LogP contribution in [0.4, 0.5) is 0 Å². The second-order valence-electron chi connectivity index (χ2n) is 5.91. The fourth-order valence-corrected chi connectivity index (χ4v) is 2.51. The lowest BCUT2D eigenvalue weighted by molar-refractivity contribution is -0.123. The maximum atomic E-state index is 12.2. The topological polar surface area (TPSA) is 64.6 Å². The van der Waals surface area contributed by atoms with Crippen molar-refractivity contribution in [2.45, 2.75) is 26.8 Å². The lowest BCUT2D eigenvalue weighted by atomic mass is 10.0. The van der Waals surface area contributed by atoms with Gasteiger partial charge in [0, 0.05) is 11.1 Å². The van der Waals surface area contributed by atoms with E-state index in [1.807, 2.05) is 32.0 Å². The second kappa shape index (κ2) is 8.33. The molecule has 0 radical (unpaired) electrons. The number of ketones is 1. The van der Waals surface area contributed by atoms with Crippen LogP contribution in [0.2, 0.25) is 0 Å². The molecule has 0 aliphatic rings. The Labute approximate surface area is 148 Å². The van der Waals surface area contributed by atoms with Gasteiger partial charge in [0.2, 0.25) is 0 Å². The van der Waals surface area contributed by atoms with Gasteiger partial charge in [-0.15, -0.1) is 0 Å². The number of ether oxygens (including phenoxy) is 2. The van der Waals surface area contributed by atoms with Crippen molar-refractivity contribution in [1.29, 1.82) is 0 Å². The summed E-state index contributed by atoms with van der Waals surface area (Å²) in [4.78, 5) is 23.5. The Morgan fingerprint density at radius 2 is 1.92 bits per heavy atom. The quantitative estimate of drug-likeness (QED) is 0.783. The van der Waals surface area contributed by atoms with Crippen LogP contribution in [0.5, 0.6) is 11.5 Å². The first-order chi connectivity index (χ1) is 11.9. The zero-order chi connectivity index (χ0) is 18.4. The number of aryl methyl sites for hydroxylation is 1. The van der Waals surface area contributed by atoms with Crippen LogP contribution < -0.4 is 14.8 Å². The maximum absolute atomic E-state index is 12.2. The van der Waals surface area contributed by atoms with Crippen LogP contribution in [0.15, 0.2) is 42.5 Å². The Kier molecular flexibility index (Phi) is 6.17. The van der Waals surface area contributed by atoms with Gasteiger partial charge in [0.1, 0.15) is 11.5 Å². The molecule has 0 spiro atoms. The van der Waals surface area contributed by atoms with E-state index < -0.39 is 0 Å². The van der Waals surface area contributed by atoms with Gasteiger partial charge in [-0.2, -0.15) is 0 Å². The van der Waals surface area contributed by atoms with Gasteiger partial charge < -0.3 is 14.8 Å². The molecule has 5 heteroatoms. The fourth-order valence-electron chi connectivity index (χ4n) is 2.51. The van der Waals surface area contributed by atoms with Crippen LogP contribution in [0.3, 0.4) is 0 Å². The predicted octanol–water partition coefficient (Wildman–Crippen LogP) is 3.46. The van der Waals surface area contributed by atoms with Crippen molar-refractivity contribution in [2.75, 3.05) is 13.7 Å². The summed E-state index contributed by atoms with van der Waals surface area (Å²) in [6.45, 7) is 5.25. The van der Waals surface area contributed by atoms with Crippen LogP contribution in [-0.2, 0) is 4.79 Å². The van der Waals surface area contributed by atoms with Gasteiger partial charge in [-0.05, 0) is 39.0 Å². The van der Waals surface area contributed by atoms with Gasteiger partial charge in [-0.3, -0.25) is 9.59 Å². The van der Waals surface area contributed by atoms with E-state index in [2.05, 4.69) is 5.32 Å². The van der Waals surface area contributed by atoms with Crippen LogP contribution in [0, 0.1) is 6.92 Å². The minimum Gasteiger partial charge on any atom is -0.496 e. The Morgan fingerprint density at radius 1 is 1.16 bits per heavy atom. The Hall–Kier alpha value is -2.82. The molecule has 25 heavy (non-hydrogen) atoms. The molecule has 1 atom stereocenters. The van der Waals surface area contributed by atoms with Gasteiger partial charge in [0.05, 0.1) is 13.2 Å². The first-order valence-electron chi connectivity index (χ1n) is 8.08. The molecule has 1 unspecified atom stereocenters. The number of hydrogen-bond acceptors (Lipinski definition) is 4. The van der Waals surface area contributed by atoms with Crippen molar-refractivity contribution in [3.8, 4) is 11.5 Å². The number of amides is 1. The third-order valence-corrected chi connectivity index (χ3v) is 3.84. The number of carbonyl (C=O) groups is 2. The number of carbonyl (C=O) groups excluding carboxylic acids is 2. The van der Waals surface area contributed by atoms with Gasteiger partial charge in [0.15, 0.2) is 12.4 Å². The van der Waals surface area contributed by atoms with E-state index in [4.69, 9.17) is 9.47 Å². The number of Topliss-reactive ketones (excluding diaryl/α,β-unsaturated/α-hetero) is 1. The fraction of sp³-hybridized carbons (Fsp3) is 0.300. The second-order valence-corrected chi connectivity index (χ2v) is 5.91. The predicted molar refractivity (Wildman–Crippen MR) is 96.2 cm³/mol. The standard InChI is InChI=1S/C20H23NO4/c1-13-8-9-19(24-4)18(10-13)14(2)21-20(23)12-25-17-7-5-6-16(11-17)15(3)22/h5-11,14H,12H2,1-4H3,(H,21,23). The Morgan fingerprint density at radius 3 is 2.60 bits per heavy atom. The molecular weight excluding hydrogens is 318 g/mol. The number of methoxy groups -OCH3 is 1. The summed E-state index contributed by atoms with van der Waals surface area (Å²) in [5.74, 6) is 0.927. The van der Waals surface area contributed by atoms with Crippen LogP contribution >= 0.6 is 0 Å². The van der Waals surface area contributed by atoms with E-state index in [1.54, 1.807) is 31.4 Å². The van der Waals surface area contributed by atoms with Crippen LogP contribution in [-0.4, -0.2) is 25.4 Å². The molecule has 0 fully saturated rings. The first-order valence-corrected chi connectivity index (χ1v) is 8.08. The monoisotopic (exact) mass is 341 g/mol. The molecule has 0 aliphatic carbocycles. The van der Waals surface area contributed by atoms with Gasteiger partial charge in [0.25, 0.3) is 5.91 Å². The molecule has 132 valence electrons. The van der Waals surface area contributed by atoms with Crippen molar-refractivity contribution in [2.24, 2.45) is 0 Å². The lowest BCUT2D eigenvalue weighted by Gasteiger charge is -2.18. The minimum atomic E-state index is -0.246. The Balaban J connectivity index is 1.97. The van der Waals surface area contributed by atoms with Crippen LogP contribution in [0.1, 0.15) is 41.4 Å². The highest BCUT2D eigenvalue weighted by Gasteiger charge is 2.15. The summed E-state index contributed by atoms with van der Waals surface area (Å²) >= 11 is 0. The average Bonchev–Trinajstić information content (AvgIpc) is 2.60. The van der Waals surface area contributed by atoms with Crippen molar-refractivity contribution in [1.82, 2.24) is 5.32 Å². The van der Waals surface area contributed by atoms with Gasteiger partial charge in [-0.25, -0.2) is 0 Å². The van der Waals surface area contributed by atoms with Crippen LogP contribution in [0.25, 0.3) is 0 Å². The molecule has 2 aromatic carbocycles. The molecule has 2 rings (SSSR count). The summed E-state index contributed by atoms with van der Waals surface area (Å²) in [7, 11) is 1.60. The largest absolute Gasteiger partial charge is 0.496 e. The maximum Gasteiger partial charge on any atom is 0.258 e. The van der Waals surface area contributed by atoms with E-state index in [-0.39, 0.29) is 24.3 Å². The SMILES string of the molecule is COc1ccc(C)cc1C(C)NC(=O)COc1cccc(C(C)=O)c1. The van der Waals surface area contributed by atoms with E-state index in [9.17, 15) is 9.59 Å². The number of nitrogens with one attached hydrogen (secondary N) is 1. The zero-order valence-electron chi connectivity index (χ0n) is 15.0. The van der Waals surface area contributed by atoms with Crippen molar-refractivity contribution < 1.29 is 19.1 Å². The molecule has 0 saturated heterocycles. The molecule has 0 saturated carbocycles. The third kappa shape index (κ3) is 5.08. The molecule has 0 aliphatic heterocycles. The highest BCUT2D eigenvalue weighted by Crippen LogP contribution is 2.26. The summed E-state index contributed by atoms with van der Waals surface area (Å²) < 4.78 is 10.8. The molecule has 0 bridgehead atoms.